The fourth-order valence-electron chi connectivity index (χ4n) is 1.53. The molecule has 0 fully saturated rings. The topological polar surface area (TPSA) is 35.2 Å². The van der Waals surface area contributed by atoms with Crippen molar-refractivity contribution in [3.05, 3.63) is 0 Å². The molecular weight excluding hydrogens is 162 g/mol. The van der Waals surface area contributed by atoms with E-state index in [1.54, 1.807) is 7.11 Å². The van der Waals surface area contributed by atoms with E-state index in [4.69, 9.17) is 10.5 Å². The summed E-state index contributed by atoms with van der Waals surface area (Å²) >= 11 is 0. The second kappa shape index (κ2) is 5.61. The number of hydrogen-bond acceptors (Lipinski definition) is 2. The van der Waals surface area contributed by atoms with Crippen LogP contribution in [-0.2, 0) is 4.74 Å². The number of ether oxygens (including phenoxy) is 1. The molecule has 2 nitrogen and oxygen atoms in total. The molecule has 0 radical (unpaired) electrons. The number of hydrogen-bond donors (Lipinski definition) is 1. The first-order valence-electron chi connectivity index (χ1n) is 5.24. The van der Waals surface area contributed by atoms with Crippen LogP contribution in [0.5, 0.6) is 0 Å². The van der Waals surface area contributed by atoms with E-state index in [0.29, 0.717) is 11.8 Å². The van der Waals surface area contributed by atoms with Crippen LogP contribution < -0.4 is 5.73 Å². The zero-order valence-corrected chi connectivity index (χ0v) is 9.76. The summed E-state index contributed by atoms with van der Waals surface area (Å²) in [6.07, 6.45) is 2.19. The molecule has 2 heteroatoms. The van der Waals surface area contributed by atoms with E-state index in [-0.39, 0.29) is 5.54 Å². The van der Waals surface area contributed by atoms with E-state index in [9.17, 15) is 0 Å². The molecule has 0 heterocycles. The Bertz CT molecular complexity index is 134. The van der Waals surface area contributed by atoms with E-state index >= 15 is 0 Å². The van der Waals surface area contributed by atoms with Gasteiger partial charge in [-0.1, -0.05) is 27.2 Å². The van der Waals surface area contributed by atoms with Crippen molar-refractivity contribution in [1.29, 1.82) is 0 Å². The van der Waals surface area contributed by atoms with Crippen molar-refractivity contribution in [2.45, 2.75) is 46.1 Å². The lowest BCUT2D eigenvalue weighted by Gasteiger charge is -2.37. The first-order valence-corrected chi connectivity index (χ1v) is 5.24. The van der Waals surface area contributed by atoms with Gasteiger partial charge in [-0.3, -0.25) is 0 Å². The second-order valence-electron chi connectivity index (χ2n) is 4.36. The van der Waals surface area contributed by atoms with E-state index < -0.39 is 0 Å². The molecule has 0 aliphatic rings. The molecule has 0 aromatic rings. The molecule has 0 aliphatic carbocycles. The van der Waals surface area contributed by atoms with Crippen molar-refractivity contribution in [3.63, 3.8) is 0 Å². The van der Waals surface area contributed by atoms with Gasteiger partial charge in [0.2, 0.25) is 0 Å². The van der Waals surface area contributed by atoms with Crippen LogP contribution >= 0.6 is 0 Å². The molecule has 0 saturated heterocycles. The summed E-state index contributed by atoms with van der Waals surface area (Å²) < 4.78 is 5.07. The zero-order valence-electron chi connectivity index (χ0n) is 9.76. The molecule has 0 aromatic carbocycles. The summed E-state index contributed by atoms with van der Waals surface area (Å²) in [4.78, 5) is 0. The number of nitrogens with two attached hydrogens (primary N) is 1. The molecule has 3 unspecified atom stereocenters. The van der Waals surface area contributed by atoms with Crippen molar-refractivity contribution in [2.24, 2.45) is 17.6 Å². The van der Waals surface area contributed by atoms with Gasteiger partial charge in [0.15, 0.2) is 0 Å². The maximum absolute atomic E-state index is 6.30. The van der Waals surface area contributed by atoms with E-state index in [1.165, 1.54) is 0 Å². The molecule has 13 heavy (non-hydrogen) atoms. The van der Waals surface area contributed by atoms with Gasteiger partial charge in [-0.15, -0.1) is 0 Å². The molecule has 3 atom stereocenters. The molecule has 0 aromatic heterocycles. The summed E-state index contributed by atoms with van der Waals surface area (Å²) in [5.41, 5.74) is 6.24. The van der Waals surface area contributed by atoms with Crippen LogP contribution in [0.1, 0.15) is 40.5 Å². The smallest absolute Gasteiger partial charge is 0.0465 e. The average Bonchev–Trinajstić information content (AvgIpc) is 2.12. The molecule has 80 valence electrons. The van der Waals surface area contributed by atoms with Gasteiger partial charge in [-0.2, -0.15) is 0 Å². The second-order valence-corrected chi connectivity index (χ2v) is 4.36. The highest BCUT2D eigenvalue weighted by molar-refractivity contribution is 4.88. The van der Waals surface area contributed by atoms with Crippen molar-refractivity contribution < 1.29 is 4.74 Å². The van der Waals surface area contributed by atoms with Crippen LogP contribution in [0, 0.1) is 11.8 Å². The van der Waals surface area contributed by atoms with Crippen LogP contribution in [0.4, 0.5) is 0 Å². The summed E-state index contributed by atoms with van der Waals surface area (Å²) in [5.74, 6) is 1.08. The third-order valence-electron chi connectivity index (χ3n) is 3.49. The monoisotopic (exact) mass is 187 g/mol. The van der Waals surface area contributed by atoms with Crippen LogP contribution in [0.15, 0.2) is 0 Å². The van der Waals surface area contributed by atoms with Crippen LogP contribution in [0.2, 0.25) is 0 Å². The maximum atomic E-state index is 6.30. The lowest BCUT2D eigenvalue weighted by molar-refractivity contribution is 0.137. The molecule has 0 amide bonds. The maximum Gasteiger partial charge on any atom is 0.0465 e. The molecule has 0 spiro atoms. The lowest BCUT2D eigenvalue weighted by atomic mass is 9.75. The van der Waals surface area contributed by atoms with E-state index in [0.717, 1.165) is 19.4 Å². The Morgan fingerprint density at radius 1 is 1.31 bits per heavy atom. The van der Waals surface area contributed by atoms with Gasteiger partial charge in [-0.05, 0) is 25.2 Å². The van der Waals surface area contributed by atoms with Gasteiger partial charge in [0.25, 0.3) is 0 Å². The van der Waals surface area contributed by atoms with Gasteiger partial charge < -0.3 is 10.5 Å². The SMILES string of the molecule is CCC(C)C(C)(N)C(C)CCOC. The summed E-state index contributed by atoms with van der Waals surface area (Å²) in [6.45, 7) is 9.60. The van der Waals surface area contributed by atoms with Crippen LogP contribution in [0.3, 0.4) is 0 Å². The van der Waals surface area contributed by atoms with Crippen molar-refractivity contribution in [2.75, 3.05) is 13.7 Å². The van der Waals surface area contributed by atoms with Crippen molar-refractivity contribution in [1.82, 2.24) is 0 Å². The Morgan fingerprint density at radius 2 is 1.85 bits per heavy atom. The minimum absolute atomic E-state index is 0.0622. The predicted octanol–water partition coefficient (Wildman–Crippen LogP) is 2.42. The lowest BCUT2D eigenvalue weighted by Crippen LogP contribution is -2.48. The third-order valence-corrected chi connectivity index (χ3v) is 3.49. The molecule has 2 N–H and O–H groups in total. The normalized spacial score (nSPS) is 20.8. The molecule has 0 aliphatic heterocycles. The number of rotatable bonds is 6. The molecular formula is C11H25NO. The minimum atomic E-state index is -0.0622. The molecule has 0 saturated carbocycles. The fraction of sp³-hybridized carbons (Fsp3) is 1.00. The van der Waals surface area contributed by atoms with Gasteiger partial charge >= 0.3 is 0 Å². The third kappa shape index (κ3) is 3.65. The summed E-state index contributed by atoms with van der Waals surface area (Å²) in [7, 11) is 1.74. The van der Waals surface area contributed by atoms with E-state index in [2.05, 4.69) is 27.7 Å². The first kappa shape index (κ1) is 12.9. The largest absolute Gasteiger partial charge is 0.385 e. The van der Waals surface area contributed by atoms with Gasteiger partial charge in [-0.25, -0.2) is 0 Å². The van der Waals surface area contributed by atoms with Crippen LogP contribution in [0.25, 0.3) is 0 Å². The quantitative estimate of drug-likeness (QED) is 0.693. The highest BCUT2D eigenvalue weighted by Gasteiger charge is 2.30. The minimum Gasteiger partial charge on any atom is -0.385 e. The highest BCUT2D eigenvalue weighted by Crippen LogP contribution is 2.27. The Morgan fingerprint density at radius 3 is 2.23 bits per heavy atom. The Labute approximate surface area is 82.8 Å². The standard InChI is InChI=1S/C11H25NO/c1-6-9(2)11(4,12)10(3)7-8-13-5/h9-10H,6-8,12H2,1-5H3. The predicted molar refractivity (Wildman–Crippen MR) is 57.7 cm³/mol. The van der Waals surface area contributed by atoms with Gasteiger partial charge in [0, 0.05) is 19.3 Å². The molecule has 0 rings (SSSR count). The zero-order chi connectivity index (χ0) is 10.5. The Hall–Kier alpha value is -0.0800. The summed E-state index contributed by atoms with van der Waals surface area (Å²) in [5, 5.41) is 0. The summed E-state index contributed by atoms with van der Waals surface area (Å²) in [6, 6.07) is 0. The first-order chi connectivity index (χ1) is 5.96. The Kier molecular flexibility index (Phi) is 5.57. The highest BCUT2D eigenvalue weighted by atomic mass is 16.5. The Balaban J connectivity index is 4.09. The fourth-order valence-corrected chi connectivity index (χ4v) is 1.53. The number of methoxy groups -OCH3 is 1. The average molecular weight is 187 g/mol. The van der Waals surface area contributed by atoms with Crippen molar-refractivity contribution in [3.8, 4) is 0 Å². The van der Waals surface area contributed by atoms with Crippen molar-refractivity contribution >= 4 is 0 Å². The van der Waals surface area contributed by atoms with E-state index in [1.807, 2.05) is 0 Å². The molecule has 0 bridgehead atoms. The van der Waals surface area contributed by atoms with Gasteiger partial charge in [0.1, 0.15) is 0 Å². The van der Waals surface area contributed by atoms with Crippen LogP contribution in [-0.4, -0.2) is 19.3 Å². The van der Waals surface area contributed by atoms with Gasteiger partial charge in [0.05, 0.1) is 0 Å².